The first kappa shape index (κ1) is 21.8. The van der Waals surface area contributed by atoms with Crippen molar-refractivity contribution in [1.82, 2.24) is 9.88 Å². The number of ether oxygens (including phenoxy) is 1. The maximum atomic E-state index is 12.8. The van der Waals surface area contributed by atoms with E-state index in [0.717, 1.165) is 5.69 Å². The maximum absolute atomic E-state index is 12.8. The Balaban J connectivity index is 1.66. The molecule has 1 atom stereocenters. The molecular weight excluding hydrogens is 396 g/mol. The zero-order valence-corrected chi connectivity index (χ0v) is 19.3. The van der Waals surface area contributed by atoms with E-state index in [1.54, 1.807) is 18.3 Å². The summed E-state index contributed by atoms with van der Waals surface area (Å²) >= 11 is 0. The van der Waals surface area contributed by atoms with E-state index >= 15 is 0 Å². The fourth-order valence-corrected chi connectivity index (χ4v) is 4.79. The van der Waals surface area contributed by atoms with Crippen LogP contribution < -0.4 is 15.4 Å². The molecule has 7 nitrogen and oxygen atoms in total. The smallest absolute Gasteiger partial charge is 0.341 e. The van der Waals surface area contributed by atoms with Gasteiger partial charge in [-0.25, -0.2) is 14.6 Å². The molecule has 0 unspecified atom stereocenters. The maximum Gasteiger partial charge on any atom is 0.341 e. The molecule has 2 heterocycles. The van der Waals surface area contributed by atoms with Crippen LogP contribution in [0, 0.1) is 0 Å². The van der Waals surface area contributed by atoms with Crippen molar-refractivity contribution >= 4 is 36.8 Å². The molecule has 1 aromatic carbocycles. The van der Waals surface area contributed by atoms with Gasteiger partial charge in [-0.3, -0.25) is 0 Å². The van der Waals surface area contributed by atoms with Crippen LogP contribution in [0.15, 0.2) is 42.6 Å². The van der Waals surface area contributed by atoms with Gasteiger partial charge in [-0.05, 0) is 31.2 Å². The van der Waals surface area contributed by atoms with Crippen LogP contribution in [0.4, 0.5) is 16.3 Å². The Hall–Kier alpha value is -2.87. The van der Waals surface area contributed by atoms with E-state index in [1.807, 2.05) is 28.9 Å². The molecule has 0 bridgehead atoms. The van der Waals surface area contributed by atoms with Crippen LogP contribution >= 0.6 is 0 Å². The number of esters is 1. The minimum absolute atomic E-state index is 0.0347. The van der Waals surface area contributed by atoms with Gasteiger partial charge in [0.25, 0.3) is 0 Å². The largest absolute Gasteiger partial charge is 0.465 e. The number of hydrogen-bond acceptors (Lipinski definition) is 5. The van der Waals surface area contributed by atoms with Crippen molar-refractivity contribution in [3.05, 3.63) is 48.2 Å². The van der Waals surface area contributed by atoms with Gasteiger partial charge in [-0.2, -0.15) is 0 Å². The second-order valence-electron chi connectivity index (χ2n) is 8.61. The number of carbonyl (C=O) groups excluding carboxylic acids is 2. The third-order valence-electron chi connectivity index (χ3n) is 5.38. The number of anilines is 2. The predicted octanol–water partition coefficient (Wildman–Crippen LogP) is 3.16. The highest BCUT2D eigenvalue weighted by Crippen LogP contribution is 2.22. The standard InChI is InChI=1S/C22H30N4O3Si/c1-16-15-25(20-19(21(27)29-2)7-6-12-23-20)13-14-26(16)22(28)24-17-8-10-18(11-9-17)30(3,4)5/h6-12,16H,13-15H2,1-5H3,(H,24,28)/t16-/m1/s1. The summed E-state index contributed by atoms with van der Waals surface area (Å²) in [7, 11) is -0.00118. The molecule has 8 heteroatoms. The van der Waals surface area contributed by atoms with E-state index in [2.05, 4.69) is 42.1 Å². The molecule has 2 amide bonds. The second kappa shape index (κ2) is 8.87. The molecule has 0 radical (unpaired) electrons. The Morgan fingerprint density at radius 2 is 1.83 bits per heavy atom. The van der Waals surface area contributed by atoms with E-state index in [0.29, 0.717) is 31.0 Å². The number of nitrogens with zero attached hydrogens (tertiary/aromatic N) is 3. The first-order valence-corrected chi connectivity index (χ1v) is 13.7. The predicted molar refractivity (Wildman–Crippen MR) is 122 cm³/mol. The van der Waals surface area contributed by atoms with Gasteiger partial charge in [0.15, 0.2) is 0 Å². The molecule has 0 saturated carbocycles. The Labute approximate surface area is 179 Å². The molecule has 0 spiro atoms. The molecule has 3 rings (SSSR count). The molecular formula is C22H30N4O3Si. The molecule has 30 heavy (non-hydrogen) atoms. The first-order valence-electron chi connectivity index (χ1n) is 10.2. The van der Waals surface area contributed by atoms with Crippen molar-refractivity contribution in [3.63, 3.8) is 0 Å². The van der Waals surface area contributed by atoms with Crippen LogP contribution in [-0.2, 0) is 4.74 Å². The van der Waals surface area contributed by atoms with Gasteiger partial charge in [0.05, 0.1) is 15.2 Å². The van der Waals surface area contributed by atoms with E-state index in [1.165, 1.54) is 12.3 Å². The Morgan fingerprint density at radius 3 is 2.43 bits per heavy atom. The number of pyridine rings is 1. The third-order valence-corrected chi connectivity index (χ3v) is 7.45. The topological polar surface area (TPSA) is 74.8 Å². The molecule has 1 N–H and O–H groups in total. The number of benzene rings is 1. The van der Waals surface area contributed by atoms with Gasteiger partial charge < -0.3 is 19.9 Å². The van der Waals surface area contributed by atoms with Crippen molar-refractivity contribution in [2.24, 2.45) is 0 Å². The van der Waals surface area contributed by atoms with Gasteiger partial charge in [0.1, 0.15) is 11.4 Å². The highest BCUT2D eigenvalue weighted by Gasteiger charge is 2.30. The average molecular weight is 427 g/mol. The SMILES string of the molecule is COC(=O)c1cccnc1N1CCN(C(=O)Nc2ccc([Si](C)(C)C)cc2)[C@H](C)C1. The van der Waals surface area contributed by atoms with Crippen molar-refractivity contribution < 1.29 is 14.3 Å². The number of urea groups is 1. The van der Waals surface area contributed by atoms with Crippen molar-refractivity contribution in [2.75, 3.05) is 37.0 Å². The zero-order valence-electron chi connectivity index (χ0n) is 18.3. The molecule has 1 aliphatic rings. The van der Waals surface area contributed by atoms with E-state index in [-0.39, 0.29) is 12.1 Å². The van der Waals surface area contributed by atoms with Gasteiger partial charge in [0.2, 0.25) is 0 Å². The summed E-state index contributed by atoms with van der Waals surface area (Å²) in [6.07, 6.45) is 1.66. The number of aromatic nitrogens is 1. The van der Waals surface area contributed by atoms with Crippen LogP contribution in [0.5, 0.6) is 0 Å². The highest BCUT2D eigenvalue weighted by molar-refractivity contribution is 6.88. The number of amides is 2. The van der Waals surface area contributed by atoms with Gasteiger partial charge in [0, 0.05) is 37.6 Å². The monoisotopic (exact) mass is 426 g/mol. The quantitative estimate of drug-likeness (QED) is 0.600. The summed E-state index contributed by atoms with van der Waals surface area (Å²) in [6, 6.07) is 11.5. The summed E-state index contributed by atoms with van der Waals surface area (Å²) in [4.78, 5) is 33.1. The van der Waals surface area contributed by atoms with Crippen molar-refractivity contribution in [3.8, 4) is 0 Å². The lowest BCUT2D eigenvalue weighted by molar-refractivity contribution is 0.0600. The van der Waals surface area contributed by atoms with Gasteiger partial charge in [-0.15, -0.1) is 0 Å². The molecule has 160 valence electrons. The Kier molecular flexibility index (Phi) is 6.45. The summed E-state index contributed by atoms with van der Waals surface area (Å²) in [5.74, 6) is 0.186. The number of carbonyl (C=O) groups is 2. The highest BCUT2D eigenvalue weighted by atomic mass is 28.3. The minimum atomic E-state index is -1.36. The van der Waals surface area contributed by atoms with Crippen molar-refractivity contribution in [2.45, 2.75) is 32.6 Å². The lowest BCUT2D eigenvalue weighted by Gasteiger charge is -2.40. The normalized spacial score (nSPS) is 16.9. The molecule has 0 aliphatic carbocycles. The van der Waals surface area contributed by atoms with E-state index in [4.69, 9.17) is 4.74 Å². The minimum Gasteiger partial charge on any atom is -0.465 e. The zero-order chi connectivity index (χ0) is 21.9. The van der Waals surface area contributed by atoms with Crippen LogP contribution in [0.2, 0.25) is 19.6 Å². The van der Waals surface area contributed by atoms with Crippen LogP contribution in [0.3, 0.4) is 0 Å². The average Bonchev–Trinajstić information content (AvgIpc) is 2.72. The molecule has 1 saturated heterocycles. The van der Waals surface area contributed by atoms with E-state index in [9.17, 15) is 9.59 Å². The number of piperazine rings is 1. The summed E-state index contributed by atoms with van der Waals surface area (Å²) in [5.41, 5.74) is 1.24. The number of rotatable bonds is 4. The fourth-order valence-electron chi connectivity index (χ4n) is 3.62. The molecule has 1 fully saturated rings. The molecule has 1 aromatic heterocycles. The van der Waals surface area contributed by atoms with Gasteiger partial charge in [-0.1, -0.05) is 37.0 Å². The number of hydrogen-bond donors (Lipinski definition) is 1. The second-order valence-corrected chi connectivity index (χ2v) is 13.7. The lowest BCUT2D eigenvalue weighted by atomic mass is 10.1. The van der Waals surface area contributed by atoms with Crippen molar-refractivity contribution in [1.29, 1.82) is 0 Å². The summed E-state index contributed by atoms with van der Waals surface area (Å²) in [6.45, 7) is 10.6. The number of nitrogens with one attached hydrogen (secondary N) is 1. The Morgan fingerprint density at radius 1 is 1.13 bits per heavy atom. The Bertz CT molecular complexity index is 911. The lowest BCUT2D eigenvalue weighted by Crippen LogP contribution is -2.55. The third kappa shape index (κ3) is 4.81. The molecule has 2 aromatic rings. The van der Waals surface area contributed by atoms with Crippen LogP contribution in [-0.4, -0.2) is 62.7 Å². The van der Waals surface area contributed by atoms with Crippen LogP contribution in [0.1, 0.15) is 17.3 Å². The van der Waals surface area contributed by atoms with Gasteiger partial charge >= 0.3 is 12.0 Å². The first-order chi connectivity index (χ1) is 14.2. The number of methoxy groups -OCH3 is 1. The summed E-state index contributed by atoms with van der Waals surface area (Å²) < 4.78 is 4.87. The molecule has 1 aliphatic heterocycles. The van der Waals surface area contributed by atoms with E-state index < -0.39 is 14.0 Å². The fraction of sp³-hybridized carbons (Fsp3) is 0.409. The summed E-state index contributed by atoms with van der Waals surface area (Å²) in [5, 5.41) is 4.37. The van der Waals surface area contributed by atoms with Crippen LogP contribution in [0.25, 0.3) is 0 Å².